The van der Waals surface area contributed by atoms with Crippen molar-refractivity contribution in [3.8, 4) is 0 Å². The first-order valence-electron chi connectivity index (χ1n) is 3.14. The summed E-state index contributed by atoms with van der Waals surface area (Å²) in [7, 11) is 0. The Morgan fingerprint density at radius 3 is 2.78 bits per heavy atom. The quantitative estimate of drug-likeness (QED) is 0.565. The van der Waals surface area contributed by atoms with Gasteiger partial charge in [0.1, 0.15) is 0 Å². The predicted molar refractivity (Wildman–Crippen MR) is 31.0 cm³/mol. The van der Waals surface area contributed by atoms with Crippen LogP contribution >= 0.6 is 0 Å². The van der Waals surface area contributed by atoms with Crippen molar-refractivity contribution in [2.75, 3.05) is 19.8 Å². The van der Waals surface area contributed by atoms with E-state index >= 15 is 0 Å². The van der Waals surface area contributed by atoms with E-state index in [0.717, 1.165) is 6.42 Å². The summed E-state index contributed by atoms with van der Waals surface area (Å²) in [6, 6.07) is 0. The summed E-state index contributed by atoms with van der Waals surface area (Å²) in [4.78, 5) is 0. The number of aliphatic hydroxyl groups is 1. The van der Waals surface area contributed by atoms with Crippen LogP contribution in [-0.4, -0.2) is 30.6 Å². The second-order valence-corrected chi connectivity index (χ2v) is 2.47. The highest BCUT2D eigenvalue weighted by atomic mass is 19.1. The fraction of sp³-hybridized carbons (Fsp3) is 1.00. The number of rotatable bonds is 1. The molecule has 0 saturated carbocycles. The first kappa shape index (κ1) is 6.96. The first-order chi connectivity index (χ1) is 4.27. The molecule has 54 valence electrons. The minimum atomic E-state index is -1.45. The van der Waals surface area contributed by atoms with Gasteiger partial charge in [-0.05, 0) is 12.8 Å². The average molecular weight is 134 g/mol. The zero-order valence-corrected chi connectivity index (χ0v) is 5.27. The zero-order valence-electron chi connectivity index (χ0n) is 5.27. The molecule has 0 aromatic heterocycles. The van der Waals surface area contributed by atoms with Crippen molar-refractivity contribution < 1.29 is 14.2 Å². The SMILES string of the molecule is OCC1(F)CCCOC1. The van der Waals surface area contributed by atoms with Crippen LogP contribution in [0.3, 0.4) is 0 Å². The minimum absolute atomic E-state index is 0.0590. The molecule has 0 radical (unpaired) electrons. The molecule has 3 heteroatoms. The van der Waals surface area contributed by atoms with Gasteiger partial charge in [-0.2, -0.15) is 0 Å². The lowest BCUT2D eigenvalue weighted by Crippen LogP contribution is -2.37. The highest BCUT2D eigenvalue weighted by molar-refractivity contribution is 4.80. The van der Waals surface area contributed by atoms with Crippen molar-refractivity contribution in [3.05, 3.63) is 0 Å². The summed E-state index contributed by atoms with van der Waals surface area (Å²) < 4.78 is 17.8. The van der Waals surface area contributed by atoms with Crippen molar-refractivity contribution in [2.24, 2.45) is 0 Å². The summed E-state index contributed by atoms with van der Waals surface area (Å²) in [5.74, 6) is 0. The summed E-state index contributed by atoms with van der Waals surface area (Å²) >= 11 is 0. The van der Waals surface area contributed by atoms with E-state index < -0.39 is 12.3 Å². The molecule has 2 nitrogen and oxygen atoms in total. The van der Waals surface area contributed by atoms with Gasteiger partial charge < -0.3 is 9.84 Å². The van der Waals surface area contributed by atoms with Gasteiger partial charge in [0.15, 0.2) is 5.67 Å². The smallest absolute Gasteiger partial charge is 0.157 e. The van der Waals surface area contributed by atoms with E-state index in [9.17, 15) is 4.39 Å². The van der Waals surface area contributed by atoms with Gasteiger partial charge in [-0.15, -0.1) is 0 Å². The minimum Gasteiger partial charge on any atom is -0.393 e. The van der Waals surface area contributed by atoms with E-state index in [4.69, 9.17) is 9.84 Å². The lowest BCUT2D eigenvalue weighted by atomic mass is 10.0. The Hall–Kier alpha value is -0.150. The molecule has 1 fully saturated rings. The van der Waals surface area contributed by atoms with Crippen molar-refractivity contribution in [1.29, 1.82) is 0 Å². The maximum atomic E-state index is 12.9. The number of hydrogen-bond donors (Lipinski definition) is 1. The maximum Gasteiger partial charge on any atom is 0.157 e. The third-order valence-electron chi connectivity index (χ3n) is 1.56. The largest absolute Gasteiger partial charge is 0.393 e. The molecule has 1 aliphatic heterocycles. The molecular weight excluding hydrogens is 123 g/mol. The lowest BCUT2D eigenvalue weighted by Gasteiger charge is -2.26. The van der Waals surface area contributed by atoms with Crippen molar-refractivity contribution >= 4 is 0 Å². The highest BCUT2D eigenvalue weighted by Gasteiger charge is 2.31. The Morgan fingerprint density at radius 2 is 2.44 bits per heavy atom. The number of alkyl halides is 1. The van der Waals surface area contributed by atoms with E-state index in [0.29, 0.717) is 13.0 Å². The molecule has 9 heavy (non-hydrogen) atoms. The predicted octanol–water partition coefficient (Wildman–Crippen LogP) is 0.497. The zero-order chi connectivity index (χ0) is 6.74. The Morgan fingerprint density at radius 1 is 1.67 bits per heavy atom. The third kappa shape index (κ3) is 1.63. The molecule has 0 aromatic rings. The van der Waals surface area contributed by atoms with Gasteiger partial charge in [-0.25, -0.2) is 4.39 Å². The normalized spacial score (nSPS) is 36.7. The van der Waals surface area contributed by atoms with Gasteiger partial charge in [0, 0.05) is 6.61 Å². The molecule has 1 heterocycles. The van der Waals surface area contributed by atoms with Crippen LogP contribution in [0.1, 0.15) is 12.8 Å². The molecule has 0 spiro atoms. The second kappa shape index (κ2) is 2.62. The van der Waals surface area contributed by atoms with Gasteiger partial charge in [-0.3, -0.25) is 0 Å². The monoisotopic (exact) mass is 134 g/mol. The Balaban J connectivity index is 2.37. The number of halogens is 1. The van der Waals surface area contributed by atoms with Crippen LogP contribution in [0.25, 0.3) is 0 Å². The van der Waals surface area contributed by atoms with E-state index in [-0.39, 0.29) is 6.61 Å². The maximum absolute atomic E-state index is 12.9. The van der Waals surface area contributed by atoms with Gasteiger partial charge in [0.05, 0.1) is 13.2 Å². The van der Waals surface area contributed by atoms with Crippen LogP contribution in [-0.2, 0) is 4.74 Å². The average Bonchev–Trinajstić information content (AvgIpc) is 1.90. The van der Waals surface area contributed by atoms with Gasteiger partial charge in [0.25, 0.3) is 0 Å². The van der Waals surface area contributed by atoms with Crippen LogP contribution in [0.5, 0.6) is 0 Å². The summed E-state index contributed by atoms with van der Waals surface area (Å²) in [5.41, 5.74) is -1.45. The van der Waals surface area contributed by atoms with Crippen LogP contribution in [0.4, 0.5) is 4.39 Å². The van der Waals surface area contributed by atoms with E-state index in [1.54, 1.807) is 0 Å². The van der Waals surface area contributed by atoms with Crippen molar-refractivity contribution in [2.45, 2.75) is 18.5 Å². The fourth-order valence-electron chi connectivity index (χ4n) is 0.943. The number of aliphatic hydroxyl groups excluding tert-OH is 1. The molecule has 1 saturated heterocycles. The third-order valence-corrected chi connectivity index (χ3v) is 1.56. The molecular formula is C6H11FO2. The second-order valence-electron chi connectivity index (χ2n) is 2.47. The number of ether oxygens (including phenoxy) is 1. The molecule has 0 bridgehead atoms. The van der Waals surface area contributed by atoms with Gasteiger partial charge >= 0.3 is 0 Å². The van der Waals surface area contributed by atoms with E-state index in [1.165, 1.54) is 0 Å². The molecule has 0 aromatic carbocycles. The van der Waals surface area contributed by atoms with Gasteiger partial charge in [-0.1, -0.05) is 0 Å². The van der Waals surface area contributed by atoms with Crippen LogP contribution in [0.15, 0.2) is 0 Å². The molecule has 0 aliphatic carbocycles. The molecule has 1 N–H and O–H groups in total. The Bertz CT molecular complexity index is 89.1. The van der Waals surface area contributed by atoms with E-state index in [2.05, 4.69) is 0 Å². The summed E-state index contributed by atoms with van der Waals surface area (Å²) in [5, 5.41) is 8.50. The fourth-order valence-corrected chi connectivity index (χ4v) is 0.943. The molecule has 1 atom stereocenters. The Kier molecular flexibility index (Phi) is 2.03. The molecule has 0 amide bonds. The summed E-state index contributed by atoms with van der Waals surface area (Å²) in [6.45, 7) is 0.280. The highest BCUT2D eigenvalue weighted by Crippen LogP contribution is 2.22. The van der Waals surface area contributed by atoms with Crippen LogP contribution in [0.2, 0.25) is 0 Å². The van der Waals surface area contributed by atoms with E-state index in [1.807, 2.05) is 0 Å². The summed E-state index contributed by atoms with van der Waals surface area (Å²) in [6.07, 6.45) is 1.15. The molecule has 1 unspecified atom stereocenters. The number of hydrogen-bond acceptors (Lipinski definition) is 2. The van der Waals surface area contributed by atoms with Crippen molar-refractivity contribution in [3.63, 3.8) is 0 Å². The van der Waals surface area contributed by atoms with Crippen LogP contribution in [0, 0.1) is 0 Å². The Labute approximate surface area is 53.6 Å². The lowest BCUT2D eigenvalue weighted by molar-refractivity contribution is -0.0592. The first-order valence-corrected chi connectivity index (χ1v) is 3.14. The van der Waals surface area contributed by atoms with Crippen LogP contribution < -0.4 is 0 Å². The standard InChI is InChI=1S/C6H11FO2/c7-6(4-8)2-1-3-9-5-6/h8H,1-5H2. The molecule has 1 rings (SSSR count). The van der Waals surface area contributed by atoms with Gasteiger partial charge in [0.2, 0.25) is 0 Å². The topological polar surface area (TPSA) is 29.5 Å². The van der Waals surface area contributed by atoms with Crippen molar-refractivity contribution in [1.82, 2.24) is 0 Å². The molecule has 1 aliphatic rings.